The Bertz CT molecular complexity index is 1700. The number of aliphatic carboxylic acids is 1. The maximum atomic E-state index is 14.1. The van der Waals surface area contributed by atoms with Crippen LogP contribution in [0.4, 0.5) is 0 Å². The zero-order valence-corrected chi connectivity index (χ0v) is 38.0. The molecule has 0 radical (unpaired) electrons. The van der Waals surface area contributed by atoms with Gasteiger partial charge in [0.15, 0.2) is 0 Å². The lowest BCUT2D eigenvalue weighted by atomic mass is 9.97. The SMILES string of the molecule is CC=C(NC(=O)[C@@H](N)[C@@H](C)CC)C(=O)N[C@H]1CSC[C@@H](C(=O)N[C@H](C(=O)N2CC(O)C[C@H]2C(=O)O)[C@@H](C)O)NC(=O)[C@H](CC(C)C)NC(=O)[C@H](CO)NC(=O)[C@H]([C@@H](C)CC)NC1=O. The molecule has 2 aliphatic heterocycles. The molecule has 0 bridgehead atoms. The first-order chi connectivity index (χ1) is 29.5. The van der Waals surface area contributed by atoms with Crippen molar-refractivity contribution in [1.82, 2.24) is 42.1 Å². The summed E-state index contributed by atoms with van der Waals surface area (Å²) in [7, 11) is 0. The molecule has 13 N–H and O–H groups in total. The van der Waals surface area contributed by atoms with Gasteiger partial charge in [0.2, 0.25) is 41.4 Å². The van der Waals surface area contributed by atoms with E-state index in [2.05, 4.69) is 37.2 Å². The fraction of sp³-hybridized carbons (Fsp3) is 0.725. The number of nitrogens with zero attached hydrogens (tertiary/aromatic N) is 1. The Balaban J connectivity index is 2.65. The maximum absolute atomic E-state index is 14.1. The van der Waals surface area contributed by atoms with Crippen LogP contribution in [0.3, 0.4) is 0 Å². The van der Waals surface area contributed by atoms with Gasteiger partial charge in [-0.25, -0.2) is 4.79 Å². The summed E-state index contributed by atoms with van der Waals surface area (Å²) in [6.07, 6.45) is -0.866. The van der Waals surface area contributed by atoms with Crippen LogP contribution in [0.25, 0.3) is 0 Å². The number of allylic oxidation sites excluding steroid dienone is 1. The fourth-order valence-electron chi connectivity index (χ4n) is 6.67. The van der Waals surface area contributed by atoms with Crippen molar-refractivity contribution in [2.45, 2.75) is 142 Å². The van der Waals surface area contributed by atoms with E-state index in [0.29, 0.717) is 12.8 Å². The lowest BCUT2D eigenvalue weighted by Gasteiger charge is -2.31. The van der Waals surface area contributed by atoms with Gasteiger partial charge in [0.05, 0.1) is 24.9 Å². The second kappa shape index (κ2) is 25.5. The summed E-state index contributed by atoms with van der Waals surface area (Å²) < 4.78 is 0. The number of aliphatic hydroxyl groups excluding tert-OH is 3. The average molecular weight is 914 g/mol. The topological polar surface area (TPSA) is 348 Å². The van der Waals surface area contributed by atoms with Crippen molar-refractivity contribution in [3.63, 3.8) is 0 Å². The van der Waals surface area contributed by atoms with Gasteiger partial charge in [0, 0.05) is 24.5 Å². The Morgan fingerprint density at radius 3 is 2.06 bits per heavy atom. The van der Waals surface area contributed by atoms with Gasteiger partial charge >= 0.3 is 5.97 Å². The first-order valence-electron chi connectivity index (χ1n) is 21.1. The van der Waals surface area contributed by atoms with Gasteiger partial charge in [-0.15, -0.1) is 0 Å². The van der Waals surface area contributed by atoms with E-state index in [1.165, 1.54) is 19.9 Å². The highest BCUT2D eigenvalue weighted by Gasteiger charge is 2.44. The number of carbonyl (C=O) groups is 9. The minimum absolute atomic E-state index is 0.0134. The van der Waals surface area contributed by atoms with Crippen molar-refractivity contribution < 1.29 is 63.6 Å². The van der Waals surface area contributed by atoms with Crippen LogP contribution >= 0.6 is 11.8 Å². The van der Waals surface area contributed by atoms with E-state index in [0.717, 1.165) is 16.7 Å². The van der Waals surface area contributed by atoms with Crippen LogP contribution in [-0.4, -0.2) is 164 Å². The van der Waals surface area contributed by atoms with Crippen LogP contribution in [0.1, 0.15) is 81.1 Å². The normalized spacial score (nSPS) is 26.8. The number of nitrogens with two attached hydrogens (primary N) is 1. The van der Waals surface area contributed by atoms with Crippen molar-refractivity contribution in [2.24, 2.45) is 23.5 Å². The van der Waals surface area contributed by atoms with Gasteiger partial charge in [-0.05, 0) is 38.0 Å². The zero-order valence-electron chi connectivity index (χ0n) is 37.1. The molecule has 1 unspecified atom stereocenters. The summed E-state index contributed by atoms with van der Waals surface area (Å²) in [5, 5.41) is 58.2. The molecule has 2 fully saturated rings. The fourth-order valence-corrected chi connectivity index (χ4v) is 7.74. The maximum Gasteiger partial charge on any atom is 0.326 e. The van der Waals surface area contributed by atoms with Crippen molar-refractivity contribution in [3.05, 3.63) is 11.8 Å². The van der Waals surface area contributed by atoms with E-state index in [1.807, 2.05) is 6.92 Å². The highest BCUT2D eigenvalue weighted by Crippen LogP contribution is 2.21. The smallest absolute Gasteiger partial charge is 0.326 e. The highest BCUT2D eigenvalue weighted by molar-refractivity contribution is 7.99. The van der Waals surface area contributed by atoms with Crippen molar-refractivity contribution >= 4 is 65.0 Å². The predicted molar refractivity (Wildman–Crippen MR) is 230 cm³/mol. The molecule has 2 rings (SSSR count). The molecule has 0 aliphatic carbocycles. The number of hydrogen-bond donors (Lipinski definition) is 12. The first-order valence-corrected chi connectivity index (χ1v) is 22.3. The third-order valence-electron chi connectivity index (χ3n) is 11.0. The third kappa shape index (κ3) is 15.7. The van der Waals surface area contributed by atoms with Crippen LogP contribution in [0, 0.1) is 17.8 Å². The second-order valence-electron chi connectivity index (χ2n) is 16.5. The summed E-state index contributed by atoms with van der Waals surface area (Å²) in [5.41, 5.74) is 5.82. The van der Waals surface area contributed by atoms with E-state index >= 15 is 0 Å². The van der Waals surface area contributed by atoms with Crippen molar-refractivity contribution in [1.29, 1.82) is 0 Å². The quantitative estimate of drug-likeness (QED) is 0.0670. The molecule has 63 heavy (non-hydrogen) atoms. The molecule has 0 spiro atoms. The minimum Gasteiger partial charge on any atom is -0.480 e. The number of thioether (sulfide) groups is 1. The predicted octanol–water partition coefficient (Wildman–Crippen LogP) is -3.45. The highest BCUT2D eigenvalue weighted by atomic mass is 32.2. The Morgan fingerprint density at radius 1 is 0.905 bits per heavy atom. The number of nitrogens with one attached hydrogen (secondary N) is 7. The van der Waals surface area contributed by atoms with Crippen LogP contribution in [-0.2, 0) is 43.2 Å². The standard InChI is InChI=1S/C40H67N9O13S/c1-9-19(6)29(41)37(58)42-23(11-3)32(53)45-26-16-63-17-27(36(57)48-31(21(8)51)39(60)49-14-22(52)13-28(49)40(61)62)46-33(54)24(12-18(4)5)43-34(55)25(15-50)44-38(59)30(20(7)10-2)47-35(26)56/h11,18-22,24-31,50-52H,9-10,12-17,41H2,1-8H3,(H,42,58)(H,43,55)(H,44,59)(H,45,53)(H,46,54)(H,47,56)(H,48,57)(H,61,62)/t19-,20-,21+,22?,24-,25-,26-,27-,28-,29-,30-,31-/m0/s1. The van der Waals surface area contributed by atoms with E-state index in [9.17, 15) is 63.6 Å². The van der Waals surface area contributed by atoms with Gasteiger partial charge < -0.3 is 68.3 Å². The molecule has 2 saturated heterocycles. The molecular weight excluding hydrogens is 847 g/mol. The molecule has 2 heterocycles. The Kier molecular flexibility index (Phi) is 21.9. The van der Waals surface area contributed by atoms with Crippen LogP contribution < -0.4 is 43.0 Å². The van der Waals surface area contributed by atoms with Crippen molar-refractivity contribution in [3.8, 4) is 0 Å². The van der Waals surface area contributed by atoms with E-state index < -0.39 is 133 Å². The van der Waals surface area contributed by atoms with Crippen LogP contribution in [0.2, 0.25) is 0 Å². The summed E-state index contributed by atoms with van der Waals surface area (Å²) >= 11 is 0.869. The van der Waals surface area contributed by atoms with Gasteiger partial charge in [0.25, 0.3) is 5.91 Å². The van der Waals surface area contributed by atoms with E-state index in [-0.39, 0.29) is 41.9 Å². The van der Waals surface area contributed by atoms with Gasteiger partial charge in [-0.1, -0.05) is 60.5 Å². The number of aliphatic hydroxyl groups is 3. The largest absolute Gasteiger partial charge is 0.480 e. The molecule has 0 aromatic rings. The van der Waals surface area contributed by atoms with Crippen LogP contribution in [0.15, 0.2) is 11.8 Å². The molecular formula is C40H67N9O13S. The minimum atomic E-state index is -1.76. The third-order valence-corrected chi connectivity index (χ3v) is 12.2. The lowest BCUT2D eigenvalue weighted by molar-refractivity contribution is -0.150. The molecule has 356 valence electrons. The molecule has 0 saturated carbocycles. The number of likely N-dealkylation sites (tertiary alicyclic amines) is 1. The van der Waals surface area contributed by atoms with E-state index in [4.69, 9.17) is 5.73 Å². The molecule has 8 amide bonds. The molecule has 0 aromatic carbocycles. The second-order valence-corrected chi connectivity index (χ2v) is 17.6. The van der Waals surface area contributed by atoms with Crippen molar-refractivity contribution in [2.75, 3.05) is 24.7 Å². The Labute approximate surface area is 371 Å². The molecule has 22 nitrogen and oxygen atoms in total. The average Bonchev–Trinajstić information content (AvgIpc) is 3.64. The molecule has 0 aromatic heterocycles. The Morgan fingerprint density at radius 2 is 1.52 bits per heavy atom. The van der Waals surface area contributed by atoms with Gasteiger partial charge in [-0.3, -0.25) is 38.4 Å². The van der Waals surface area contributed by atoms with Gasteiger partial charge in [0.1, 0.15) is 48.0 Å². The summed E-state index contributed by atoms with van der Waals surface area (Å²) in [6, 6.07) is -11.5. The van der Waals surface area contributed by atoms with Gasteiger partial charge in [-0.2, -0.15) is 11.8 Å². The number of amides is 8. The summed E-state index contributed by atoms with van der Waals surface area (Å²) in [4.78, 5) is 122. The molecule has 2 aliphatic rings. The zero-order chi connectivity index (χ0) is 47.9. The number of hydrogen-bond acceptors (Lipinski definition) is 14. The monoisotopic (exact) mass is 913 g/mol. The number of rotatable bonds is 16. The number of carboxylic acid groups (broad SMARTS) is 1. The Hall–Kier alpha value is -4.84. The first kappa shape index (κ1) is 54.3. The molecule has 23 heteroatoms. The summed E-state index contributed by atoms with van der Waals surface area (Å²) in [5.74, 6) is -10.4. The number of carboxylic acids is 1. The lowest BCUT2D eigenvalue weighted by Crippen LogP contribution is -2.63. The summed E-state index contributed by atoms with van der Waals surface area (Å²) in [6.45, 7) is 11.8. The number of β-amino-alcohol motifs (C(OH)–C–C–N with tert-alkyl or cyclic N) is 1. The number of carbonyl (C=O) groups excluding carboxylic acids is 8. The molecule has 12 atom stereocenters. The van der Waals surface area contributed by atoms with Crippen LogP contribution in [0.5, 0.6) is 0 Å². The van der Waals surface area contributed by atoms with E-state index in [1.54, 1.807) is 34.6 Å².